The van der Waals surface area contributed by atoms with Gasteiger partial charge in [0.15, 0.2) is 0 Å². The number of aromatic nitrogens is 1. The van der Waals surface area contributed by atoms with Gasteiger partial charge in [-0.25, -0.2) is 9.18 Å². The number of urea groups is 1. The molecule has 2 aromatic heterocycles. The molecule has 0 aliphatic carbocycles. The van der Waals surface area contributed by atoms with Crippen molar-refractivity contribution in [2.45, 2.75) is 32.1 Å². The summed E-state index contributed by atoms with van der Waals surface area (Å²) in [6, 6.07) is 17.9. The molecule has 0 radical (unpaired) electrons. The van der Waals surface area contributed by atoms with Crippen molar-refractivity contribution in [3.63, 3.8) is 0 Å². The van der Waals surface area contributed by atoms with Crippen LogP contribution in [0, 0.1) is 5.82 Å². The molecule has 0 unspecified atom stereocenters. The predicted molar refractivity (Wildman–Crippen MR) is 143 cm³/mol. The van der Waals surface area contributed by atoms with Crippen LogP contribution in [0.15, 0.2) is 66.9 Å². The molecule has 0 spiro atoms. The molecule has 1 atom stereocenters. The molecular weight excluding hydrogens is 487 g/mol. The molecular formula is C29H29FN4O2S. The molecule has 0 saturated heterocycles. The lowest BCUT2D eigenvalue weighted by molar-refractivity contribution is 0.179. The number of nitrogens with one attached hydrogen (secondary N) is 1. The Balaban J connectivity index is 1.43. The van der Waals surface area contributed by atoms with Crippen molar-refractivity contribution < 1.29 is 13.9 Å². The van der Waals surface area contributed by atoms with E-state index < -0.39 is 0 Å². The van der Waals surface area contributed by atoms with Gasteiger partial charge in [0.25, 0.3) is 0 Å². The number of ether oxygens (including phenoxy) is 1. The molecule has 8 heteroatoms. The molecule has 6 nitrogen and oxygen atoms in total. The minimum absolute atomic E-state index is 0.161. The van der Waals surface area contributed by atoms with Crippen LogP contribution in [0.1, 0.15) is 38.9 Å². The van der Waals surface area contributed by atoms with Crippen LogP contribution >= 0.6 is 11.3 Å². The summed E-state index contributed by atoms with van der Waals surface area (Å²) in [5.74, 6) is 0.462. The van der Waals surface area contributed by atoms with Crippen LogP contribution in [-0.4, -0.2) is 41.1 Å². The molecule has 190 valence electrons. The molecule has 6 rings (SSSR count). The minimum Gasteiger partial charge on any atom is -0.497 e. The van der Waals surface area contributed by atoms with Gasteiger partial charge in [-0.2, -0.15) is 0 Å². The van der Waals surface area contributed by atoms with E-state index in [4.69, 9.17) is 4.74 Å². The lowest BCUT2D eigenvalue weighted by atomic mass is 10.00. The van der Waals surface area contributed by atoms with Gasteiger partial charge in [0, 0.05) is 36.3 Å². The first-order valence-electron chi connectivity index (χ1n) is 12.4. The second-order valence-corrected chi connectivity index (χ2v) is 10.8. The van der Waals surface area contributed by atoms with E-state index in [1.807, 2.05) is 34.4 Å². The standard InChI is InChI=1S/C29H29FN4O2S/c1-32-14-12-23-24-17-34(29(35)31-16-19-8-10-21(30)11-9-19)27(20-5-3-6-22(15-20)36-2)25-7-4-13-33(25)28(24)37-26(23)18-32/h3-11,13,15,27H,12,14,16-18H2,1-2H3,(H,31,35)/t27-/m1/s1. The molecule has 0 bridgehead atoms. The van der Waals surface area contributed by atoms with Crippen molar-refractivity contribution >= 4 is 17.4 Å². The lowest BCUT2D eigenvalue weighted by Gasteiger charge is -2.32. The van der Waals surface area contributed by atoms with Crippen molar-refractivity contribution in [2.75, 3.05) is 20.7 Å². The summed E-state index contributed by atoms with van der Waals surface area (Å²) in [6.45, 7) is 2.76. The van der Waals surface area contributed by atoms with Crippen LogP contribution in [0.25, 0.3) is 5.00 Å². The molecule has 4 heterocycles. The van der Waals surface area contributed by atoms with E-state index in [9.17, 15) is 9.18 Å². The van der Waals surface area contributed by atoms with Crippen LogP contribution in [0.4, 0.5) is 9.18 Å². The fraction of sp³-hybridized carbons (Fsp3) is 0.276. The summed E-state index contributed by atoms with van der Waals surface area (Å²) >= 11 is 1.84. The van der Waals surface area contributed by atoms with Crippen LogP contribution in [0.2, 0.25) is 0 Å². The van der Waals surface area contributed by atoms with Gasteiger partial charge in [0.05, 0.1) is 25.4 Å². The first kappa shape index (κ1) is 23.8. The first-order valence-corrected chi connectivity index (χ1v) is 13.3. The van der Waals surface area contributed by atoms with Gasteiger partial charge in [0.1, 0.15) is 16.6 Å². The number of thiophene rings is 1. The van der Waals surface area contributed by atoms with Crippen molar-refractivity contribution in [1.29, 1.82) is 0 Å². The average molecular weight is 517 g/mol. The molecule has 2 aliphatic rings. The Hall–Kier alpha value is -3.62. The second-order valence-electron chi connectivity index (χ2n) is 9.67. The monoisotopic (exact) mass is 516 g/mol. The maximum Gasteiger partial charge on any atom is 0.318 e. The van der Waals surface area contributed by atoms with Crippen molar-refractivity contribution in [3.8, 4) is 10.8 Å². The predicted octanol–water partition coefficient (Wildman–Crippen LogP) is 5.49. The number of carbonyl (C=O) groups is 1. The van der Waals surface area contributed by atoms with Gasteiger partial charge in [-0.1, -0.05) is 24.3 Å². The number of likely N-dealkylation sites (N-methyl/N-ethyl adjacent to an activating group) is 1. The van der Waals surface area contributed by atoms with Crippen LogP contribution < -0.4 is 10.1 Å². The number of hydrogen-bond donors (Lipinski definition) is 1. The van der Waals surface area contributed by atoms with E-state index in [0.29, 0.717) is 13.1 Å². The van der Waals surface area contributed by atoms with Crippen LogP contribution in [0.3, 0.4) is 0 Å². The maximum atomic E-state index is 13.9. The Kier molecular flexibility index (Phi) is 6.22. The van der Waals surface area contributed by atoms with E-state index in [1.165, 1.54) is 33.1 Å². The van der Waals surface area contributed by atoms with Crippen molar-refractivity contribution in [3.05, 3.63) is 106 Å². The highest BCUT2D eigenvalue weighted by Gasteiger charge is 2.36. The largest absolute Gasteiger partial charge is 0.497 e. The molecule has 0 saturated carbocycles. The number of rotatable bonds is 4. The fourth-order valence-electron chi connectivity index (χ4n) is 5.40. The molecule has 1 N–H and O–H groups in total. The second kappa shape index (κ2) is 9.68. The van der Waals surface area contributed by atoms with E-state index in [0.717, 1.165) is 42.1 Å². The summed E-state index contributed by atoms with van der Waals surface area (Å²) in [5, 5.41) is 4.29. The topological polar surface area (TPSA) is 49.7 Å². The Bertz CT molecular complexity index is 1440. The Labute approximate surface area is 219 Å². The number of amides is 2. The summed E-state index contributed by atoms with van der Waals surface area (Å²) < 4.78 is 21.2. The Morgan fingerprint density at radius 1 is 1.11 bits per heavy atom. The van der Waals surface area contributed by atoms with Gasteiger partial charge in [-0.15, -0.1) is 11.3 Å². The van der Waals surface area contributed by atoms with Crippen LogP contribution in [-0.2, 0) is 26.1 Å². The van der Waals surface area contributed by atoms with Gasteiger partial charge >= 0.3 is 6.03 Å². The number of halogens is 1. The highest BCUT2D eigenvalue weighted by atomic mass is 32.1. The van der Waals surface area contributed by atoms with Gasteiger partial charge < -0.3 is 24.4 Å². The Morgan fingerprint density at radius 2 is 1.95 bits per heavy atom. The fourth-order valence-corrected chi connectivity index (χ4v) is 6.84. The Morgan fingerprint density at radius 3 is 2.76 bits per heavy atom. The third-order valence-electron chi connectivity index (χ3n) is 7.28. The van der Waals surface area contributed by atoms with Gasteiger partial charge in [-0.05, 0) is 66.6 Å². The summed E-state index contributed by atoms with van der Waals surface area (Å²) in [5.41, 5.74) is 5.48. The summed E-state index contributed by atoms with van der Waals surface area (Å²) in [7, 11) is 3.81. The molecule has 4 aromatic rings. The number of benzene rings is 2. The van der Waals surface area contributed by atoms with E-state index in [1.54, 1.807) is 19.2 Å². The van der Waals surface area contributed by atoms with Crippen molar-refractivity contribution in [1.82, 2.24) is 19.7 Å². The van der Waals surface area contributed by atoms with Gasteiger partial charge in [0.2, 0.25) is 0 Å². The first-order chi connectivity index (χ1) is 18.0. The summed E-state index contributed by atoms with van der Waals surface area (Å²) in [4.78, 5) is 19.6. The average Bonchev–Trinajstić information content (AvgIpc) is 3.49. The third kappa shape index (κ3) is 4.40. The number of hydrogen-bond acceptors (Lipinski definition) is 4. The lowest BCUT2D eigenvalue weighted by Crippen LogP contribution is -2.42. The highest BCUT2D eigenvalue weighted by Crippen LogP contribution is 2.43. The molecule has 2 aliphatic heterocycles. The smallest absolute Gasteiger partial charge is 0.318 e. The van der Waals surface area contributed by atoms with Crippen LogP contribution in [0.5, 0.6) is 5.75 Å². The number of fused-ring (bicyclic) bond motifs is 5. The van der Waals surface area contributed by atoms with Gasteiger partial charge in [-0.3, -0.25) is 0 Å². The number of methoxy groups -OCH3 is 1. The number of nitrogens with zero attached hydrogens (tertiary/aromatic N) is 3. The molecule has 0 fully saturated rings. The minimum atomic E-state index is -0.306. The maximum absolute atomic E-state index is 13.9. The zero-order valence-corrected chi connectivity index (χ0v) is 21.7. The third-order valence-corrected chi connectivity index (χ3v) is 8.54. The normalized spacial score (nSPS) is 16.9. The number of carbonyl (C=O) groups excluding carboxylic acids is 1. The van der Waals surface area contributed by atoms with E-state index in [-0.39, 0.29) is 17.9 Å². The zero-order chi connectivity index (χ0) is 25.5. The molecule has 2 amide bonds. The SMILES string of the molecule is COc1cccc([C@@H]2c3cccn3-c3sc4c(c3CN2C(=O)NCc2ccc(F)cc2)CCN(C)C4)c1. The van der Waals surface area contributed by atoms with E-state index >= 15 is 0 Å². The quantitative estimate of drug-likeness (QED) is 0.390. The molecule has 37 heavy (non-hydrogen) atoms. The molecule has 2 aromatic carbocycles. The highest BCUT2D eigenvalue weighted by molar-refractivity contribution is 7.15. The zero-order valence-electron chi connectivity index (χ0n) is 20.9. The summed E-state index contributed by atoms with van der Waals surface area (Å²) in [6.07, 6.45) is 3.08. The van der Waals surface area contributed by atoms with E-state index in [2.05, 4.69) is 46.2 Å². The van der Waals surface area contributed by atoms with Crippen molar-refractivity contribution in [2.24, 2.45) is 0 Å².